The predicted molar refractivity (Wildman–Crippen MR) is 35.1 cm³/mol. The molecule has 0 saturated carbocycles. The first-order chi connectivity index (χ1) is 4.16. The van der Waals surface area contributed by atoms with Crippen LogP contribution in [0, 0.1) is 0 Å². The molecule has 0 heterocycles. The van der Waals surface area contributed by atoms with Gasteiger partial charge in [0, 0.05) is 12.5 Å². The van der Waals surface area contributed by atoms with Crippen molar-refractivity contribution in [2.45, 2.75) is 32.2 Å². The van der Waals surface area contributed by atoms with Crippen LogP contribution < -0.4 is 5.73 Å². The van der Waals surface area contributed by atoms with Gasteiger partial charge in [0.2, 0.25) is 0 Å². The number of carboxylic acid groups (broad SMARTS) is 1. The second-order valence-electron chi connectivity index (χ2n) is 2.10. The average molecular weight is 131 g/mol. The van der Waals surface area contributed by atoms with Crippen molar-refractivity contribution in [2.75, 3.05) is 0 Å². The third kappa shape index (κ3) is 5.30. The molecule has 0 aliphatic rings. The van der Waals surface area contributed by atoms with E-state index < -0.39 is 5.97 Å². The molecule has 0 saturated heterocycles. The lowest BCUT2D eigenvalue weighted by Crippen LogP contribution is -2.19. The van der Waals surface area contributed by atoms with Crippen LogP contribution in [0.3, 0.4) is 0 Å². The van der Waals surface area contributed by atoms with Gasteiger partial charge in [-0.1, -0.05) is 6.92 Å². The van der Waals surface area contributed by atoms with Crippen molar-refractivity contribution < 1.29 is 9.90 Å². The molecule has 0 radical (unpaired) electrons. The molecule has 0 unspecified atom stereocenters. The molecule has 0 aromatic carbocycles. The molecule has 0 fully saturated rings. The van der Waals surface area contributed by atoms with Gasteiger partial charge in [-0.05, 0) is 12.8 Å². The van der Waals surface area contributed by atoms with Crippen LogP contribution in [0.2, 0.25) is 0 Å². The average Bonchev–Trinajstić information content (AvgIpc) is 1.83. The minimum absolute atomic E-state index is 0.0566. The van der Waals surface area contributed by atoms with E-state index in [1.807, 2.05) is 6.92 Å². The summed E-state index contributed by atoms with van der Waals surface area (Å²) >= 11 is 0. The van der Waals surface area contributed by atoms with Gasteiger partial charge >= 0.3 is 5.97 Å². The smallest absolute Gasteiger partial charge is 0.303 e. The Morgan fingerprint density at radius 2 is 2.33 bits per heavy atom. The first kappa shape index (κ1) is 8.43. The second kappa shape index (κ2) is 4.32. The van der Waals surface area contributed by atoms with Gasteiger partial charge in [-0.3, -0.25) is 4.79 Å². The summed E-state index contributed by atoms with van der Waals surface area (Å²) in [7, 11) is 0. The predicted octanol–water partition coefficient (Wildman–Crippen LogP) is 0.588. The van der Waals surface area contributed by atoms with Gasteiger partial charge in [0.15, 0.2) is 0 Å². The fraction of sp³-hybridized carbons (Fsp3) is 0.833. The fourth-order valence-electron chi connectivity index (χ4n) is 0.513. The maximum absolute atomic E-state index is 9.96. The van der Waals surface area contributed by atoms with E-state index in [2.05, 4.69) is 0 Å². The maximum Gasteiger partial charge on any atom is 0.303 e. The number of aliphatic carboxylic acids is 1. The minimum atomic E-state index is -0.765. The van der Waals surface area contributed by atoms with E-state index in [1.54, 1.807) is 0 Å². The first-order valence-electron chi connectivity index (χ1n) is 3.14. The lowest BCUT2D eigenvalue weighted by atomic mass is 10.1. The standard InChI is InChI=1S/C6H13NO2/c1-2-5(7)3-4-6(8)9/h5H,2-4,7H2,1H3,(H,8,9)/t5-/m1/s1. The van der Waals surface area contributed by atoms with Crippen LogP contribution in [0.5, 0.6) is 0 Å². The number of carbonyl (C=O) groups is 1. The summed E-state index contributed by atoms with van der Waals surface area (Å²) in [6.07, 6.45) is 1.63. The van der Waals surface area contributed by atoms with E-state index in [0.29, 0.717) is 6.42 Å². The molecule has 0 aliphatic carbocycles. The topological polar surface area (TPSA) is 63.3 Å². The summed E-state index contributed by atoms with van der Waals surface area (Å²) in [6, 6.07) is 0.0566. The molecule has 0 aromatic heterocycles. The van der Waals surface area contributed by atoms with Crippen LogP contribution in [0.1, 0.15) is 26.2 Å². The molecule has 3 nitrogen and oxygen atoms in total. The molecule has 0 bridgehead atoms. The van der Waals surface area contributed by atoms with Crippen molar-refractivity contribution in [2.24, 2.45) is 5.73 Å². The summed E-state index contributed by atoms with van der Waals surface area (Å²) in [5.74, 6) is -0.765. The van der Waals surface area contributed by atoms with Gasteiger partial charge in [0.1, 0.15) is 0 Å². The summed E-state index contributed by atoms with van der Waals surface area (Å²) < 4.78 is 0. The molecule has 0 amide bonds. The molecule has 9 heavy (non-hydrogen) atoms. The molecular formula is C6H13NO2. The zero-order chi connectivity index (χ0) is 7.28. The molecule has 0 aromatic rings. The first-order valence-corrected chi connectivity index (χ1v) is 3.14. The van der Waals surface area contributed by atoms with Crippen LogP contribution in [0.15, 0.2) is 0 Å². The quantitative estimate of drug-likeness (QED) is 0.587. The van der Waals surface area contributed by atoms with Crippen molar-refractivity contribution in [3.05, 3.63) is 0 Å². The Hall–Kier alpha value is -0.570. The normalized spacial score (nSPS) is 13.1. The summed E-state index contributed by atoms with van der Waals surface area (Å²) in [5, 5.41) is 8.20. The Balaban J connectivity index is 3.16. The summed E-state index contributed by atoms with van der Waals surface area (Å²) in [4.78, 5) is 9.96. The van der Waals surface area contributed by atoms with E-state index >= 15 is 0 Å². The number of rotatable bonds is 4. The van der Waals surface area contributed by atoms with E-state index in [4.69, 9.17) is 10.8 Å². The maximum atomic E-state index is 9.96. The highest BCUT2D eigenvalue weighted by Gasteiger charge is 2.01. The Morgan fingerprint density at radius 3 is 2.67 bits per heavy atom. The highest BCUT2D eigenvalue weighted by atomic mass is 16.4. The van der Waals surface area contributed by atoms with Gasteiger partial charge in [-0.15, -0.1) is 0 Å². The van der Waals surface area contributed by atoms with Gasteiger partial charge in [0.25, 0.3) is 0 Å². The van der Waals surface area contributed by atoms with Gasteiger partial charge in [-0.25, -0.2) is 0 Å². The zero-order valence-electron chi connectivity index (χ0n) is 5.63. The third-order valence-electron chi connectivity index (χ3n) is 1.25. The number of carboxylic acids is 1. The van der Waals surface area contributed by atoms with Crippen LogP contribution in [0.4, 0.5) is 0 Å². The Labute approximate surface area is 54.9 Å². The second-order valence-corrected chi connectivity index (χ2v) is 2.10. The van der Waals surface area contributed by atoms with E-state index in [9.17, 15) is 4.79 Å². The van der Waals surface area contributed by atoms with Crippen LogP contribution in [0.25, 0.3) is 0 Å². The highest BCUT2D eigenvalue weighted by molar-refractivity contribution is 5.66. The molecular weight excluding hydrogens is 118 g/mol. The zero-order valence-corrected chi connectivity index (χ0v) is 5.63. The largest absolute Gasteiger partial charge is 0.481 e. The molecule has 3 N–H and O–H groups in total. The Bertz CT molecular complexity index is 93.1. The van der Waals surface area contributed by atoms with Crippen molar-refractivity contribution >= 4 is 5.97 Å². The van der Waals surface area contributed by atoms with Crippen molar-refractivity contribution in [3.8, 4) is 0 Å². The molecule has 3 heteroatoms. The SMILES string of the molecule is CC[C@@H](N)CCC(=O)O. The molecule has 0 rings (SSSR count). The van der Waals surface area contributed by atoms with Crippen molar-refractivity contribution in [3.63, 3.8) is 0 Å². The van der Waals surface area contributed by atoms with E-state index in [0.717, 1.165) is 6.42 Å². The molecule has 0 aliphatic heterocycles. The lowest BCUT2D eigenvalue weighted by molar-refractivity contribution is -0.137. The van der Waals surface area contributed by atoms with Crippen molar-refractivity contribution in [1.82, 2.24) is 0 Å². The van der Waals surface area contributed by atoms with Crippen LogP contribution in [-0.4, -0.2) is 17.1 Å². The van der Waals surface area contributed by atoms with Crippen LogP contribution >= 0.6 is 0 Å². The van der Waals surface area contributed by atoms with Crippen molar-refractivity contribution in [1.29, 1.82) is 0 Å². The molecule has 0 spiro atoms. The summed E-state index contributed by atoms with van der Waals surface area (Å²) in [6.45, 7) is 1.95. The Morgan fingerprint density at radius 1 is 1.78 bits per heavy atom. The number of hydrogen-bond donors (Lipinski definition) is 2. The Kier molecular flexibility index (Phi) is 4.05. The summed E-state index contributed by atoms with van der Waals surface area (Å²) in [5.41, 5.74) is 5.46. The number of nitrogens with two attached hydrogens (primary N) is 1. The van der Waals surface area contributed by atoms with Crippen LogP contribution in [-0.2, 0) is 4.79 Å². The van der Waals surface area contributed by atoms with Gasteiger partial charge < -0.3 is 10.8 Å². The van der Waals surface area contributed by atoms with Gasteiger partial charge in [0.05, 0.1) is 0 Å². The highest BCUT2D eigenvalue weighted by Crippen LogP contribution is 1.96. The number of hydrogen-bond acceptors (Lipinski definition) is 2. The van der Waals surface area contributed by atoms with E-state index in [1.165, 1.54) is 0 Å². The third-order valence-corrected chi connectivity index (χ3v) is 1.25. The van der Waals surface area contributed by atoms with E-state index in [-0.39, 0.29) is 12.5 Å². The molecule has 1 atom stereocenters. The monoisotopic (exact) mass is 131 g/mol. The van der Waals surface area contributed by atoms with Gasteiger partial charge in [-0.2, -0.15) is 0 Å². The lowest BCUT2D eigenvalue weighted by Gasteiger charge is -2.03. The minimum Gasteiger partial charge on any atom is -0.481 e. The molecule has 54 valence electrons. The fourth-order valence-corrected chi connectivity index (χ4v) is 0.513.